The van der Waals surface area contributed by atoms with Crippen LogP contribution in [0.2, 0.25) is 0 Å². The van der Waals surface area contributed by atoms with Crippen molar-refractivity contribution >= 4 is 5.97 Å². The topological polar surface area (TPSA) is 46.5 Å². The standard InChI is InChI=1S/C16H24O3/c1-3-19-14(17)9-8-13-7-6-11-15(2)10-4-5-12-16(13,15)18/h9,18H,3-7,10-12H2,1-2H3/t8?,15-,16-/m0/s1. The molecule has 2 aliphatic carbocycles. The lowest BCUT2D eigenvalue weighted by Crippen LogP contribution is -2.52. The minimum Gasteiger partial charge on any atom is -0.462 e. The lowest BCUT2D eigenvalue weighted by molar-refractivity contribution is -0.137. The van der Waals surface area contributed by atoms with Gasteiger partial charge >= 0.3 is 5.97 Å². The summed E-state index contributed by atoms with van der Waals surface area (Å²) in [5.41, 5.74) is 3.12. The highest BCUT2D eigenvalue weighted by molar-refractivity contribution is 5.81. The summed E-state index contributed by atoms with van der Waals surface area (Å²) in [5.74, 6) is -0.373. The van der Waals surface area contributed by atoms with Crippen molar-refractivity contribution in [3.63, 3.8) is 0 Å². The van der Waals surface area contributed by atoms with Crippen molar-refractivity contribution in [2.75, 3.05) is 6.61 Å². The number of esters is 1. The highest BCUT2D eigenvalue weighted by atomic mass is 16.5. The van der Waals surface area contributed by atoms with Crippen molar-refractivity contribution < 1.29 is 14.6 Å². The zero-order chi connectivity index (χ0) is 13.9. The lowest BCUT2D eigenvalue weighted by atomic mass is 9.56. The molecule has 0 radical (unpaired) electrons. The van der Waals surface area contributed by atoms with Gasteiger partial charge < -0.3 is 9.84 Å². The third-order valence-electron chi connectivity index (χ3n) is 4.82. The van der Waals surface area contributed by atoms with Gasteiger partial charge in [-0.15, -0.1) is 5.73 Å². The van der Waals surface area contributed by atoms with Crippen molar-refractivity contribution in [2.24, 2.45) is 5.41 Å². The molecule has 3 heteroatoms. The van der Waals surface area contributed by atoms with Crippen LogP contribution >= 0.6 is 0 Å². The van der Waals surface area contributed by atoms with Crippen LogP contribution in [0.1, 0.15) is 58.8 Å². The molecule has 0 bridgehead atoms. The highest BCUT2D eigenvalue weighted by Gasteiger charge is 2.52. The molecule has 2 rings (SSSR count). The van der Waals surface area contributed by atoms with E-state index < -0.39 is 5.60 Å². The summed E-state index contributed by atoms with van der Waals surface area (Å²) in [4.78, 5) is 11.4. The molecule has 0 spiro atoms. The maximum absolute atomic E-state index is 11.4. The van der Waals surface area contributed by atoms with Crippen molar-refractivity contribution in [1.29, 1.82) is 0 Å². The summed E-state index contributed by atoms with van der Waals surface area (Å²) >= 11 is 0. The summed E-state index contributed by atoms with van der Waals surface area (Å²) in [7, 11) is 0. The monoisotopic (exact) mass is 264 g/mol. The second-order valence-corrected chi connectivity index (χ2v) is 6.00. The molecule has 1 N–H and O–H groups in total. The molecular weight excluding hydrogens is 240 g/mol. The number of hydrogen-bond acceptors (Lipinski definition) is 3. The summed E-state index contributed by atoms with van der Waals surface area (Å²) in [6.07, 6.45) is 8.41. The van der Waals surface area contributed by atoms with Gasteiger partial charge in [0.2, 0.25) is 0 Å². The predicted octanol–water partition coefficient (Wildman–Crippen LogP) is 3.13. The molecule has 0 aromatic carbocycles. The Bertz CT molecular complexity index is 416. The zero-order valence-corrected chi connectivity index (χ0v) is 12.0. The predicted molar refractivity (Wildman–Crippen MR) is 73.6 cm³/mol. The van der Waals surface area contributed by atoms with Crippen LogP contribution in [-0.4, -0.2) is 23.3 Å². The quantitative estimate of drug-likeness (QED) is 0.473. The molecule has 3 nitrogen and oxygen atoms in total. The molecule has 2 aliphatic rings. The molecule has 106 valence electrons. The number of rotatable bonds is 2. The van der Waals surface area contributed by atoms with Gasteiger partial charge in [-0.3, -0.25) is 0 Å². The lowest BCUT2D eigenvalue weighted by Gasteiger charge is -2.52. The summed E-state index contributed by atoms with van der Waals surface area (Å²) in [6, 6.07) is 0. The third kappa shape index (κ3) is 2.63. The fraction of sp³-hybridized carbons (Fsp3) is 0.750. The van der Waals surface area contributed by atoms with Crippen LogP contribution in [0.15, 0.2) is 17.4 Å². The highest BCUT2D eigenvalue weighted by Crippen LogP contribution is 2.54. The van der Waals surface area contributed by atoms with Crippen molar-refractivity contribution in [3.8, 4) is 0 Å². The molecule has 19 heavy (non-hydrogen) atoms. The van der Waals surface area contributed by atoms with E-state index in [-0.39, 0.29) is 11.4 Å². The smallest absolute Gasteiger partial charge is 0.338 e. The number of aliphatic hydroxyl groups is 1. The van der Waals surface area contributed by atoms with Crippen LogP contribution in [-0.2, 0) is 9.53 Å². The SMILES string of the molecule is CCOC(=O)C=C=C1CCC[C@]2(C)CCCC[C@]12O. The van der Waals surface area contributed by atoms with Gasteiger partial charge in [-0.05, 0) is 39.0 Å². The van der Waals surface area contributed by atoms with Crippen LogP contribution in [0.5, 0.6) is 0 Å². The fourth-order valence-electron chi connectivity index (χ4n) is 3.64. The molecule has 0 heterocycles. The van der Waals surface area contributed by atoms with E-state index in [4.69, 9.17) is 4.74 Å². The summed E-state index contributed by atoms with van der Waals surface area (Å²) in [5, 5.41) is 11.1. The fourth-order valence-corrected chi connectivity index (χ4v) is 3.64. The Labute approximate surface area is 115 Å². The van der Waals surface area contributed by atoms with Crippen molar-refractivity contribution in [3.05, 3.63) is 17.4 Å². The molecular formula is C16H24O3. The second kappa shape index (κ2) is 5.52. The molecule has 0 amide bonds. The third-order valence-corrected chi connectivity index (χ3v) is 4.82. The van der Waals surface area contributed by atoms with Crippen LogP contribution in [0.3, 0.4) is 0 Å². The Kier molecular flexibility index (Phi) is 4.17. The van der Waals surface area contributed by atoms with E-state index in [1.165, 1.54) is 12.5 Å². The van der Waals surface area contributed by atoms with Crippen molar-refractivity contribution in [2.45, 2.75) is 64.4 Å². The average molecular weight is 264 g/mol. The van der Waals surface area contributed by atoms with Gasteiger partial charge in [0.25, 0.3) is 0 Å². The number of hydrogen-bond donors (Lipinski definition) is 1. The maximum Gasteiger partial charge on any atom is 0.338 e. The van der Waals surface area contributed by atoms with Gasteiger partial charge in [-0.2, -0.15) is 0 Å². The maximum atomic E-state index is 11.4. The number of carbonyl (C=O) groups excluding carboxylic acids is 1. The Morgan fingerprint density at radius 3 is 2.79 bits per heavy atom. The van der Waals surface area contributed by atoms with Crippen molar-refractivity contribution in [1.82, 2.24) is 0 Å². The largest absolute Gasteiger partial charge is 0.462 e. The second-order valence-electron chi connectivity index (χ2n) is 6.00. The van der Waals surface area contributed by atoms with E-state index in [1.54, 1.807) is 6.92 Å². The molecule has 2 atom stereocenters. The normalized spacial score (nSPS) is 34.2. The van der Waals surface area contributed by atoms with E-state index in [0.717, 1.165) is 44.1 Å². The van der Waals surface area contributed by atoms with E-state index in [9.17, 15) is 9.90 Å². The minimum absolute atomic E-state index is 0.0473. The molecule has 0 aliphatic heterocycles. The van der Waals surface area contributed by atoms with Gasteiger partial charge in [-0.1, -0.05) is 19.8 Å². The van der Waals surface area contributed by atoms with Gasteiger partial charge in [0.05, 0.1) is 18.3 Å². The van der Waals surface area contributed by atoms with Crippen LogP contribution in [0.25, 0.3) is 0 Å². The Morgan fingerprint density at radius 1 is 1.37 bits per heavy atom. The Morgan fingerprint density at radius 2 is 2.05 bits per heavy atom. The Hall–Kier alpha value is -1.05. The van der Waals surface area contributed by atoms with E-state index >= 15 is 0 Å². The molecule has 2 fully saturated rings. The van der Waals surface area contributed by atoms with Crippen LogP contribution < -0.4 is 0 Å². The van der Waals surface area contributed by atoms with Crippen LogP contribution in [0.4, 0.5) is 0 Å². The zero-order valence-electron chi connectivity index (χ0n) is 12.0. The van der Waals surface area contributed by atoms with E-state index in [0.29, 0.717) is 6.61 Å². The van der Waals surface area contributed by atoms with Gasteiger partial charge in [0, 0.05) is 11.0 Å². The van der Waals surface area contributed by atoms with Crippen LogP contribution in [0, 0.1) is 5.41 Å². The molecule has 0 aromatic rings. The number of ether oxygens (including phenoxy) is 1. The Balaban J connectivity index is 2.29. The minimum atomic E-state index is -0.771. The van der Waals surface area contributed by atoms with Gasteiger partial charge in [-0.25, -0.2) is 4.79 Å². The van der Waals surface area contributed by atoms with E-state index in [2.05, 4.69) is 12.7 Å². The first-order valence-electron chi connectivity index (χ1n) is 7.37. The first kappa shape index (κ1) is 14.4. The van der Waals surface area contributed by atoms with Gasteiger partial charge in [0.1, 0.15) is 0 Å². The summed E-state index contributed by atoms with van der Waals surface area (Å²) < 4.78 is 4.88. The van der Waals surface area contributed by atoms with E-state index in [1.807, 2.05) is 0 Å². The number of fused-ring (bicyclic) bond motifs is 1. The molecule has 0 saturated heterocycles. The number of carbonyl (C=O) groups is 1. The average Bonchev–Trinajstić information content (AvgIpc) is 2.37. The van der Waals surface area contributed by atoms with Gasteiger partial charge in [0.15, 0.2) is 0 Å². The molecule has 0 unspecified atom stereocenters. The molecule has 2 saturated carbocycles. The first-order valence-corrected chi connectivity index (χ1v) is 7.37. The molecule has 0 aromatic heterocycles. The first-order chi connectivity index (χ1) is 9.02. The summed E-state index contributed by atoms with van der Waals surface area (Å²) in [6.45, 7) is 4.33.